The number of ether oxygens (including phenoxy) is 3. The van der Waals surface area contributed by atoms with Crippen LogP contribution in [0.2, 0.25) is 0 Å². The molecule has 1 aromatic rings. The maximum absolute atomic E-state index is 12.0. The molecule has 0 aliphatic heterocycles. The van der Waals surface area contributed by atoms with E-state index in [-0.39, 0.29) is 12.1 Å². The molecule has 5 nitrogen and oxygen atoms in total. The van der Waals surface area contributed by atoms with E-state index < -0.39 is 5.54 Å². The molecule has 1 aromatic carbocycles. The van der Waals surface area contributed by atoms with Gasteiger partial charge in [-0.1, -0.05) is 0 Å². The van der Waals surface area contributed by atoms with E-state index >= 15 is 0 Å². The molecule has 0 amide bonds. The van der Waals surface area contributed by atoms with Gasteiger partial charge in [0.15, 0.2) is 0 Å². The van der Waals surface area contributed by atoms with Gasteiger partial charge in [-0.15, -0.1) is 0 Å². The zero-order chi connectivity index (χ0) is 14.6. The Bertz CT molecular complexity index is 451. The molecule has 2 rings (SSSR count). The summed E-state index contributed by atoms with van der Waals surface area (Å²) >= 11 is 0. The highest BCUT2D eigenvalue weighted by Crippen LogP contribution is 2.39. The lowest BCUT2D eigenvalue weighted by Crippen LogP contribution is -2.59. The Labute approximate surface area is 119 Å². The summed E-state index contributed by atoms with van der Waals surface area (Å²) in [5.74, 6) is 0.535. The van der Waals surface area contributed by atoms with Crippen LogP contribution in [0.3, 0.4) is 0 Å². The van der Waals surface area contributed by atoms with Crippen molar-refractivity contribution in [2.24, 2.45) is 0 Å². The average molecular weight is 279 g/mol. The molecular weight excluding hydrogens is 258 g/mol. The van der Waals surface area contributed by atoms with Crippen LogP contribution >= 0.6 is 0 Å². The number of carbonyl (C=O) groups excluding carboxylic acids is 1. The van der Waals surface area contributed by atoms with Crippen LogP contribution < -0.4 is 10.1 Å². The fourth-order valence-electron chi connectivity index (χ4n) is 2.54. The fraction of sp³-hybridized carbons (Fsp3) is 0.533. The van der Waals surface area contributed by atoms with Gasteiger partial charge in [0, 0.05) is 25.1 Å². The second-order valence-electron chi connectivity index (χ2n) is 4.91. The number of hydrogen-bond acceptors (Lipinski definition) is 5. The smallest absolute Gasteiger partial charge is 0.331 e. The van der Waals surface area contributed by atoms with E-state index in [0.29, 0.717) is 19.4 Å². The molecule has 5 heteroatoms. The quantitative estimate of drug-likeness (QED) is 0.809. The summed E-state index contributed by atoms with van der Waals surface area (Å²) in [7, 11) is 3.03. The topological polar surface area (TPSA) is 56.8 Å². The molecular formula is C15H21NO4. The minimum absolute atomic E-state index is 0.116. The van der Waals surface area contributed by atoms with Crippen LogP contribution in [0.25, 0.3) is 0 Å². The lowest BCUT2D eigenvalue weighted by molar-refractivity contribution is -0.155. The highest BCUT2D eigenvalue weighted by molar-refractivity contribution is 5.86. The van der Waals surface area contributed by atoms with Gasteiger partial charge in [0.25, 0.3) is 0 Å². The van der Waals surface area contributed by atoms with E-state index in [0.717, 1.165) is 11.4 Å². The van der Waals surface area contributed by atoms with Gasteiger partial charge >= 0.3 is 5.97 Å². The van der Waals surface area contributed by atoms with Crippen molar-refractivity contribution in [2.45, 2.75) is 31.4 Å². The first-order valence-electron chi connectivity index (χ1n) is 6.76. The summed E-state index contributed by atoms with van der Waals surface area (Å²) < 4.78 is 15.6. The molecule has 0 atom stereocenters. The van der Waals surface area contributed by atoms with Gasteiger partial charge in [-0.3, -0.25) is 0 Å². The molecule has 1 saturated carbocycles. The van der Waals surface area contributed by atoms with Gasteiger partial charge in [-0.25, -0.2) is 4.79 Å². The second kappa shape index (κ2) is 6.13. The first-order chi connectivity index (χ1) is 9.63. The summed E-state index contributed by atoms with van der Waals surface area (Å²) in [4.78, 5) is 12.0. The van der Waals surface area contributed by atoms with Crippen LogP contribution in [-0.4, -0.2) is 38.4 Å². The summed E-state index contributed by atoms with van der Waals surface area (Å²) in [6.45, 7) is 2.61. The summed E-state index contributed by atoms with van der Waals surface area (Å²) in [5, 5.41) is 3.27. The first kappa shape index (κ1) is 14.7. The normalized spacial score (nSPS) is 24.6. The molecule has 0 bridgehead atoms. The predicted octanol–water partition coefficient (Wildman–Crippen LogP) is 2.22. The molecule has 0 spiro atoms. The van der Waals surface area contributed by atoms with Crippen molar-refractivity contribution >= 4 is 11.7 Å². The van der Waals surface area contributed by atoms with E-state index in [2.05, 4.69) is 5.32 Å². The van der Waals surface area contributed by atoms with Crippen molar-refractivity contribution in [3.8, 4) is 5.75 Å². The zero-order valence-electron chi connectivity index (χ0n) is 12.1. The highest BCUT2D eigenvalue weighted by Gasteiger charge is 2.52. The van der Waals surface area contributed by atoms with Crippen LogP contribution in [0.4, 0.5) is 5.69 Å². The third-order valence-electron chi connectivity index (χ3n) is 3.60. The molecule has 1 fully saturated rings. The Morgan fingerprint density at radius 1 is 1.30 bits per heavy atom. The van der Waals surface area contributed by atoms with Gasteiger partial charge in [-0.2, -0.15) is 0 Å². The molecule has 0 radical (unpaired) electrons. The van der Waals surface area contributed by atoms with Crippen LogP contribution in [0.5, 0.6) is 5.75 Å². The van der Waals surface area contributed by atoms with Crippen molar-refractivity contribution in [3.05, 3.63) is 24.3 Å². The number of rotatable bonds is 6. The van der Waals surface area contributed by atoms with Crippen LogP contribution in [0.15, 0.2) is 24.3 Å². The SMILES string of the molecule is CCOC1CC(Nc2ccc(OC)cc2)(C(=O)OC)C1. The highest BCUT2D eigenvalue weighted by atomic mass is 16.5. The van der Waals surface area contributed by atoms with Gasteiger partial charge in [-0.05, 0) is 31.2 Å². The number of carbonyl (C=O) groups is 1. The van der Waals surface area contributed by atoms with E-state index in [4.69, 9.17) is 14.2 Å². The standard InChI is InChI=1S/C15H21NO4/c1-4-20-13-9-15(10-13,14(17)19-3)16-11-5-7-12(18-2)8-6-11/h5-8,13,16H,4,9-10H2,1-3H3. The summed E-state index contributed by atoms with van der Waals surface area (Å²) in [5.41, 5.74) is 0.189. The van der Waals surface area contributed by atoms with Crippen LogP contribution in [0, 0.1) is 0 Å². The van der Waals surface area contributed by atoms with Crippen molar-refractivity contribution in [3.63, 3.8) is 0 Å². The maximum atomic E-state index is 12.0. The monoisotopic (exact) mass is 279 g/mol. The Morgan fingerprint density at radius 3 is 2.45 bits per heavy atom. The van der Waals surface area contributed by atoms with E-state index in [9.17, 15) is 4.79 Å². The van der Waals surface area contributed by atoms with E-state index in [1.165, 1.54) is 7.11 Å². The number of esters is 1. The maximum Gasteiger partial charge on any atom is 0.331 e. The molecule has 20 heavy (non-hydrogen) atoms. The number of nitrogens with one attached hydrogen (secondary N) is 1. The molecule has 1 aliphatic carbocycles. The average Bonchev–Trinajstić information content (AvgIpc) is 2.44. The second-order valence-corrected chi connectivity index (χ2v) is 4.91. The lowest BCUT2D eigenvalue weighted by atomic mass is 9.74. The fourth-order valence-corrected chi connectivity index (χ4v) is 2.54. The minimum atomic E-state index is -0.677. The predicted molar refractivity (Wildman–Crippen MR) is 76.0 cm³/mol. The Balaban J connectivity index is 2.07. The van der Waals surface area contributed by atoms with Crippen LogP contribution in [-0.2, 0) is 14.3 Å². The third-order valence-corrected chi connectivity index (χ3v) is 3.60. The number of methoxy groups -OCH3 is 2. The van der Waals surface area contributed by atoms with Gasteiger partial charge < -0.3 is 19.5 Å². The summed E-state index contributed by atoms with van der Waals surface area (Å²) in [6.07, 6.45) is 1.36. The molecule has 1 N–H and O–H groups in total. The van der Waals surface area contributed by atoms with E-state index in [1.807, 2.05) is 31.2 Å². The zero-order valence-corrected chi connectivity index (χ0v) is 12.1. The van der Waals surface area contributed by atoms with Gasteiger partial charge in [0.2, 0.25) is 0 Å². The third kappa shape index (κ3) is 2.88. The van der Waals surface area contributed by atoms with Gasteiger partial charge in [0.1, 0.15) is 11.3 Å². The first-order valence-corrected chi connectivity index (χ1v) is 6.76. The van der Waals surface area contributed by atoms with Crippen molar-refractivity contribution < 1.29 is 19.0 Å². The van der Waals surface area contributed by atoms with Crippen molar-refractivity contribution in [2.75, 3.05) is 26.1 Å². The lowest BCUT2D eigenvalue weighted by Gasteiger charge is -2.45. The molecule has 0 unspecified atom stereocenters. The summed E-state index contributed by atoms with van der Waals surface area (Å²) in [6, 6.07) is 7.48. The number of hydrogen-bond donors (Lipinski definition) is 1. The molecule has 1 aliphatic rings. The Hall–Kier alpha value is -1.75. The largest absolute Gasteiger partial charge is 0.497 e. The van der Waals surface area contributed by atoms with Crippen molar-refractivity contribution in [1.82, 2.24) is 0 Å². The Morgan fingerprint density at radius 2 is 1.95 bits per heavy atom. The Kier molecular flexibility index (Phi) is 4.49. The van der Waals surface area contributed by atoms with Crippen LogP contribution in [0.1, 0.15) is 19.8 Å². The van der Waals surface area contributed by atoms with Crippen molar-refractivity contribution in [1.29, 1.82) is 0 Å². The molecule has 110 valence electrons. The number of benzene rings is 1. The van der Waals surface area contributed by atoms with Gasteiger partial charge in [0.05, 0.1) is 20.3 Å². The molecule has 0 aromatic heterocycles. The minimum Gasteiger partial charge on any atom is -0.497 e. The van der Waals surface area contributed by atoms with E-state index in [1.54, 1.807) is 7.11 Å². The number of anilines is 1. The molecule has 0 saturated heterocycles. The molecule has 0 heterocycles.